The Morgan fingerprint density at radius 3 is 2.56 bits per heavy atom. The molecule has 1 heterocycles. The molecule has 2 aromatic carbocycles. The van der Waals surface area contributed by atoms with Crippen LogP contribution in [0.1, 0.15) is 63.6 Å². The molecule has 0 aromatic heterocycles. The summed E-state index contributed by atoms with van der Waals surface area (Å²) in [4.78, 5) is 15.2. The Kier molecular flexibility index (Phi) is 6.93. The van der Waals surface area contributed by atoms with Crippen molar-refractivity contribution in [2.24, 2.45) is 0 Å². The summed E-state index contributed by atoms with van der Waals surface area (Å²) in [6.07, 6.45) is 2.69. The van der Waals surface area contributed by atoms with Crippen LogP contribution in [0.15, 0.2) is 35.9 Å². The topological polar surface area (TPSA) is 56.1 Å². The zero-order valence-corrected chi connectivity index (χ0v) is 20.9. The Labute approximate surface area is 200 Å². The minimum atomic E-state index is -0.508. The molecule has 1 N–H and O–H groups in total. The molecule has 1 amide bonds. The molecule has 0 unspecified atom stereocenters. The molecular formula is C26H29Cl2N3O. The van der Waals surface area contributed by atoms with Crippen molar-refractivity contribution < 1.29 is 4.79 Å². The number of carbonyl (C=O) groups excluding carboxylic acids is 1. The molecule has 168 valence electrons. The molecule has 2 aromatic rings. The van der Waals surface area contributed by atoms with E-state index >= 15 is 0 Å². The SMILES string of the molecule is Cc1cc2c(cc1/C=C(/C#N)C(=O)Nc1ccc(Cl)cc1Cl)[C@H](C)CC(C)(C)N2C(C)C. The first-order valence-corrected chi connectivity index (χ1v) is 11.5. The number of fused-ring (bicyclic) bond motifs is 1. The summed E-state index contributed by atoms with van der Waals surface area (Å²) < 4.78 is 0. The molecule has 1 atom stereocenters. The molecule has 1 aliphatic heterocycles. The van der Waals surface area contributed by atoms with E-state index in [1.807, 2.05) is 13.0 Å². The number of benzene rings is 2. The van der Waals surface area contributed by atoms with Gasteiger partial charge in [0.05, 0.1) is 10.7 Å². The van der Waals surface area contributed by atoms with Crippen molar-refractivity contribution >= 4 is 46.6 Å². The van der Waals surface area contributed by atoms with Crippen LogP contribution in [0.4, 0.5) is 11.4 Å². The van der Waals surface area contributed by atoms with Crippen molar-refractivity contribution in [3.05, 3.63) is 62.6 Å². The van der Waals surface area contributed by atoms with Crippen LogP contribution in [0.5, 0.6) is 0 Å². The fraction of sp³-hybridized carbons (Fsp3) is 0.385. The second-order valence-corrected chi connectivity index (χ2v) is 10.2. The predicted octanol–water partition coefficient (Wildman–Crippen LogP) is 7.35. The number of hydrogen-bond acceptors (Lipinski definition) is 3. The van der Waals surface area contributed by atoms with E-state index in [0.717, 1.165) is 17.5 Å². The fourth-order valence-corrected chi connectivity index (χ4v) is 5.29. The summed E-state index contributed by atoms with van der Waals surface area (Å²) in [7, 11) is 0. The quantitative estimate of drug-likeness (QED) is 0.376. The highest BCUT2D eigenvalue weighted by Crippen LogP contribution is 2.45. The van der Waals surface area contributed by atoms with Crippen molar-refractivity contribution in [2.45, 2.75) is 65.5 Å². The van der Waals surface area contributed by atoms with Crippen molar-refractivity contribution in [2.75, 3.05) is 10.2 Å². The molecule has 0 fully saturated rings. The Bertz CT molecular complexity index is 1130. The minimum Gasteiger partial charge on any atom is -0.364 e. The maximum absolute atomic E-state index is 12.8. The van der Waals surface area contributed by atoms with Gasteiger partial charge in [0, 0.05) is 22.3 Å². The van der Waals surface area contributed by atoms with E-state index in [-0.39, 0.29) is 11.1 Å². The molecule has 1 aliphatic rings. The number of rotatable bonds is 4. The van der Waals surface area contributed by atoms with Gasteiger partial charge in [-0.3, -0.25) is 4.79 Å². The Morgan fingerprint density at radius 2 is 1.97 bits per heavy atom. The van der Waals surface area contributed by atoms with Gasteiger partial charge in [-0.05, 0) is 100 Å². The van der Waals surface area contributed by atoms with Crippen molar-refractivity contribution in [1.29, 1.82) is 5.26 Å². The monoisotopic (exact) mass is 469 g/mol. The summed E-state index contributed by atoms with van der Waals surface area (Å²) in [5.74, 6) is -0.137. The second kappa shape index (κ2) is 9.17. The van der Waals surface area contributed by atoms with Gasteiger partial charge >= 0.3 is 0 Å². The van der Waals surface area contributed by atoms with Gasteiger partial charge in [-0.25, -0.2) is 0 Å². The summed E-state index contributed by atoms with van der Waals surface area (Å²) in [5.41, 5.74) is 4.84. The van der Waals surface area contributed by atoms with Gasteiger partial charge in [-0.2, -0.15) is 5.26 Å². The molecule has 0 aliphatic carbocycles. The highest BCUT2D eigenvalue weighted by atomic mass is 35.5. The van der Waals surface area contributed by atoms with E-state index in [4.69, 9.17) is 23.2 Å². The highest BCUT2D eigenvalue weighted by Gasteiger charge is 2.37. The first-order valence-electron chi connectivity index (χ1n) is 10.8. The number of hydrogen-bond donors (Lipinski definition) is 1. The molecule has 6 heteroatoms. The highest BCUT2D eigenvalue weighted by molar-refractivity contribution is 6.36. The Balaban J connectivity index is 1.99. The average Bonchev–Trinajstić information content (AvgIpc) is 2.67. The summed E-state index contributed by atoms with van der Waals surface area (Å²) in [6.45, 7) is 13.3. The fourth-order valence-electron chi connectivity index (χ4n) is 4.83. The van der Waals surface area contributed by atoms with Crippen LogP contribution < -0.4 is 10.2 Å². The predicted molar refractivity (Wildman–Crippen MR) is 135 cm³/mol. The van der Waals surface area contributed by atoms with E-state index in [2.05, 4.69) is 57.0 Å². The standard InChI is InChI=1S/C26H29Cl2N3O/c1-15(2)31-24-9-16(3)18(11-21(24)17(4)13-26(31,5)6)10-19(14-29)25(32)30-23-8-7-20(27)12-22(23)28/h7-12,15,17H,13H2,1-6H3,(H,30,32)/b19-10-/t17-/m1/s1. The van der Waals surface area contributed by atoms with Gasteiger partial charge in [0.1, 0.15) is 11.6 Å². The largest absolute Gasteiger partial charge is 0.364 e. The lowest BCUT2D eigenvalue weighted by Crippen LogP contribution is -2.51. The summed E-state index contributed by atoms with van der Waals surface area (Å²) in [5, 5.41) is 13.2. The summed E-state index contributed by atoms with van der Waals surface area (Å²) >= 11 is 12.1. The van der Waals surface area contributed by atoms with Gasteiger partial charge in [-0.15, -0.1) is 0 Å². The number of nitrogens with one attached hydrogen (secondary N) is 1. The van der Waals surface area contributed by atoms with E-state index in [1.54, 1.807) is 24.3 Å². The van der Waals surface area contributed by atoms with E-state index in [1.165, 1.54) is 11.3 Å². The van der Waals surface area contributed by atoms with Crippen LogP contribution in [-0.4, -0.2) is 17.5 Å². The third-order valence-corrected chi connectivity index (χ3v) is 6.57. The van der Waals surface area contributed by atoms with Crippen molar-refractivity contribution in [1.82, 2.24) is 0 Å². The Hall–Kier alpha value is -2.48. The second-order valence-electron chi connectivity index (χ2n) is 9.40. The van der Waals surface area contributed by atoms with Gasteiger partial charge in [-0.1, -0.05) is 30.1 Å². The van der Waals surface area contributed by atoms with Gasteiger partial charge < -0.3 is 10.2 Å². The van der Waals surface area contributed by atoms with Crippen LogP contribution in [0.25, 0.3) is 6.08 Å². The first kappa shape index (κ1) is 24.2. The number of carbonyl (C=O) groups is 1. The maximum Gasteiger partial charge on any atom is 0.266 e. The number of amides is 1. The molecule has 0 spiro atoms. The zero-order valence-electron chi connectivity index (χ0n) is 19.4. The number of anilines is 2. The van der Waals surface area contributed by atoms with Crippen LogP contribution in [0, 0.1) is 18.3 Å². The molecule has 0 radical (unpaired) electrons. The molecule has 0 saturated carbocycles. The molecule has 0 bridgehead atoms. The van der Waals surface area contributed by atoms with E-state index < -0.39 is 5.91 Å². The number of aryl methyl sites for hydroxylation is 1. The minimum absolute atomic E-state index is 0.0172. The van der Waals surface area contributed by atoms with Gasteiger partial charge in [0.25, 0.3) is 5.91 Å². The molecule has 3 rings (SSSR count). The van der Waals surface area contributed by atoms with E-state index in [0.29, 0.717) is 27.7 Å². The van der Waals surface area contributed by atoms with E-state index in [9.17, 15) is 10.1 Å². The first-order chi connectivity index (χ1) is 14.9. The third kappa shape index (κ3) is 4.80. The van der Waals surface area contributed by atoms with Crippen molar-refractivity contribution in [3.8, 4) is 6.07 Å². The normalized spacial score (nSPS) is 17.7. The van der Waals surface area contributed by atoms with Crippen LogP contribution in [0.2, 0.25) is 10.0 Å². The van der Waals surface area contributed by atoms with Gasteiger partial charge in [0.2, 0.25) is 0 Å². The van der Waals surface area contributed by atoms with Crippen molar-refractivity contribution in [3.63, 3.8) is 0 Å². The Morgan fingerprint density at radius 1 is 1.28 bits per heavy atom. The molecule has 0 saturated heterocycles. The lowest BCUT2D eigenvalue weighted by Gasteiger charge is -2.50. The average molecular weight is 470 g/mol. The van der Waals surface area contributed by atoms with Crippen LogP contribution in [-0.2, 0) is 4.79 Å². The number of nitriles is 1. The lowest BCUT2D eigenvalue weighted by molar-refractivity contribution is -0.112. The molecular weight excluding hydrogens is 441 g/mol. The lowest BCUT2D eigenvalue weighted by atomic mass is 9.78. The maximum atomic E-state index is 12.8. The zero-order chi connectivity index (χ0) is 23.8. The van der Waals surface area contributed by atoms with Crippen LogP contribution >= 0.6 is 23.2 Å². The van der Waals surface area contributed by atoms with Gasteiger partial charge in [0.15, 0.2) is 0 Å². The molecule has 32 heavy (non-hydrogen) atoms. The molecule has 4 nitrogen and oxygen atoms in total. The summed E-state index contributed by atoms with van der Waals surface area (Å²) in [6, 6.07) is 11.5. The number of halogens is 2. The smallest absolute Gasteiger partial charge is 0.266 e. The number of nitrogens with zero attached hydrogens (tertiary/aromatic N) is 2. The third-order valence-electron chi connectivity index (χ3n) is 6.02. The van der Waals surface area contributed by atoms with Crippen LogP contribution in [0.3, 0.4) is 0 Å².